The molecule has 6 atom stereocenters. The molecule has 0 radical (unpaired) electrons. The summed E-state index contributed by atoms with van der Waals surface area (Å²) in [5.74, 6) is -11.4. The standard InChI is InChI=1S/C72H115N5O19/c1-3-4-23-53(33-40-62(82)61(76-50(2)79)44-51-29-36-57(80)37-30-51)64(84)48-74-59(65(85)49-78)24-21-22-43-73-67(87)41-34-55(70(91)92)45-58(81)38-39-60(72(95)96)77-68(88)42-35-56(71(93)94)46-63(83)54-31-27-52(28-32-54)47-75-66(86)25-19-17-15-13-11-9-7-5-6-8-10-12-14-16-18-20-26-69(89)90/h29-30,36-37,52-56,59-61,74,78,80H,3-28,31-35,38-49H2,1-2H3,(H,73,87)(H,75,86)(H,76,79)(H,77,88)(H,89,90)(H,91,92)(H,93,94)(H,95,96)/t52?,53-,54?,55-,56-,59+,60+,61-/m1/s1. The molecule has 542 valence electrons. The maximum absolute atomic E-state index is 13.5. The van der Waals surface area contributed by atoms with E-state index in [1.807, 2.05) is 6.92 Å². The van der Waals surface area contributed by atoms with Crippen LogP contribution < -0.4 is 26.6 Å². The third kappa shape index (κ3) is 40.6. The zero-order chi connectivity index (χ0) is 71.0. The highest BCUT2D eigenvalue weighted by Gasteiger charge is 2.32. The molecule has 0 saturated heterocycles. The Labute approximate surface area is 567 Å². The van der Waals surface area contributed by atoms with Crippen molar-refractivity contribution < 1.29 is 93.0 Å². The number of aliphatic hydroxyl groups is 1. The summed E-state index contributed by atoms with van der Waals surface area (Å²) in [5, 5.41) is 71.3. The number of rotatable bonds is 60. The van der Waals surface area contributed by atoms with Gasteiger partial charge in [-0.15, -0.1) is 0 Å². The molecule has 24 heteroatoms. The Morgan fingerprint density at radius 2 is 1.00 bits per heavy atom. The fourth-order valence-electron chi connectivity index (χ4n) is 12.3. The van der Waals surface area contributed by atoms with E-state index >= 15 is 0 Å². The van der Waals surface area contributed by atoms with Crippen LogP contribution in [0.4, 0.5) is 0 Å². The van der Waals surface area contributed by atoms with Gasteiger partial charge in [-0.05, 0) is 120 Å². The average Bonchev–Trinajstić information content (AvgIpc) is 1.42. The molecule has 0 aliphatic heterocycles. The first-order valence-electron chi connectivity index (χ1n) is 35.7. The highest BCUT2D eigenvalue weighted by atomic mass is 16.4. The van der Waals surface area contributed by atoms with Crippen molar-refractivity contribution in [3.63, 3.8) is 0 Å². The van der Waals surface area contributed by atoms with E-state index < -0.39 is 121 Å². The number of ketones is 5. The zero-order valence-corrected chi connectivity index (χ0v) is 57.3. The van der Waals surface area contributed by atoms with Crippen molar-refractivity contribution in [1.29, 1.82) is 0 Å². The van der Waals surface area contributed by atoms with E-state index in [9.17, 15) is 87.9 Å². The van der Waals surface area contributed by atoms with Crippen molar-refractivity contribution in [2.75, 3.05) is 26.2 Å². The monoisotopic (exact) mass is 1350 g/mol. The topological polar surface area (TPSA) is 403 Å². The van der Waals surface area contributed by atoms with Crippen molar-refractivity contribution in [2.45, 2.75) is 282 Å². The van der Waals surface area contributed by atoms with Crippen LogP contribution in [0.15, 0.2) is 24.3 Å². The van der Waals surface area contributed by atoms with Crippen LogP contribution in [-0.2, 0) is 68.7 Å². The lowest BCUT2D eigenvalue weighted by Gasteiger charge is -2.28. The van der Waals surface area contributed by atoms with Crippen LogP contribution in [0.5, 0.6) is 5.75 Å². The van der Waals surface area contributed by atoms with Gasteiger partial charge in [0.05, 0.1) is 30.5 Å². The van der Waals surface area contributed by atoms with E-state index in [4.69, 9.17) is 5.11 Å². The SMILES string of the molecule is CCCC[C@H](CCC(=O)[C@@H](Cc1ccc(O)cc1)NC(C)=O)C(=O)CN[C@@H](CCCCNC(=O)CC[C@H](CC(=O)CC[C@H](NC(=O)CC[C@H](CC(=O)C1CCC(CNC(=O)CCCCCCCCCCCCCCCCCCC(=O)O)CC1)C(=O)O)C(=O)O)C(=O)O)C(=O)CO. The summed E-state index contributed by atoms with van der Waals surface area (Å²) >= 11 is 0. The molecule has 0 heterocycles. The van der Waals surface area contributed by atoms with E-state index in [0.29, 0.717) is 64.3 Å². The number of aliphatic hydroxyl groups excluding tert-OH is 1. The Kier molecular flexibility index (Phi) is 45.5. The molecule has 1 aliphatic rings. The Bertz CT molecular complexity index is 2550. The molecule has 2 rings (SSSR count). The Hall–Kier alpha value is -6.95. The van der Waals surface area contributed by atoms with E-state index in [0.717, 1.165) is 50.5 Å². The van der Waals surface area contributed by atoms with Gasteiger partial charge in [-0.1, -0.05) is 122 Å². The van der Waals surface area contributed by atoms with Gasteiger partial charge in [0.1, 0.15) is 35.7 Å². The van der Waals surface area contributed by atoms with Crippen molar-refractivity contribution in [1.82, 2.24) is 26.6 Å². The quantitative estimate of drug-likeness (QED) is 0.0271. The number of benzene rings is 1. The van der Waals surface area contributed by atoms with Gasteiger partial charge < -0.3 is 57.2 Å². The molecular formula is C72H115N5O19. The number of hydrogen-bond donors (Lipinski definition) is 11. The van der Waals surface area contributed by atoms with Gasteiger partial charge in [0.2, 0.25) is 23.6 Å². The number of aromatic hydroxyl groups is 1. The Morgan fingerprint density at radius 3 is 1.53 bits per heavy atom. The molecule has 4 amide bonds. The third-order valence-electron chi connectivity index (χ3n) is 18.4. The highest BCUT2D eigenvalue weighted by molar-refractivity contribution is 5.91. The summed E-state index contributed by atoms with van der Waals surface area (Å²) in [6, 6.07) is 2.99. The number of hydrogen-bond acceptors (Lipinski definition) is 16. The normalized spacial score (nSPS) is 15.6. The van der Waals surface area contributed by atoms with Gasteiger partial charge in [0, 0.05) is 83.2 Å². The number of amides is 4. The number of Topliss-reactive ketones (excluding diaryl/α,β-unsaturated/α-hetero) is 5. The molecule has 1 aromatic carbocycles. The van der Waals surface area contributed by atoms with Crippen LogP contribution in [0.3, 0.4) is 0 Å². The maximum Gasteiger partial charge on any atom is 0.326 e. The number of carbonyl (C=O) groups excluding carboxylic acids is 9. The minimum Gasteiger partial charge on any atom is -0.508 e. The van der Waals surface area contributed by atoms with E-state index in [-0.39, 0.29) is 112 Å². The van der Waals surface area contributed by atoms with Gasteiger partial charge in [0.15, 0.2) is 11.6 Å². The average molecular weight is 1350 g/mol. The van der Waals surface area contributed by atoms with Gasteiger partial charge in [-0.2, -0.15) is 0 Å². The van der Waals surface area contributed by atoms with Gasteiger partial charge in [0.25, 0.3) is 0 Å². The third-order valence-corrected chi connectivity index (χ3v) is 18.4. The summed E-state index contributed by atoms with van der Waals surface area (Å²) in [4.78, 5) is 163. The summed E-state index contributed by atoms with van der Waals surface area (Å²) in [7, 11) is 0. The fraction of sp³-hybridized carbons (Fsp3) is 0.736. The first kappa shape index (κ1) is 85.1. The molecule has 0 aromatic heterocycles. The van der Waals surface area contributed by atoms with Crippen LogP contribution in [0.25, 0.3) is 0 Å². The largest absolute Gasteiger partial charge is 0.508 e. The molecule has 0 bridgehead atoms. The van der Waals surface area contributed by atoms with Gasteiger partial charge in [-0.3, -0.25) is 57.5 Å². The number of nitrogens with one attached hydrogen (secondary N) is 5. The molecule has 24 nitrogen and oxygen atoms in total. The molecule has 0 spiro atoms. The number of carbonyl (C=O) groups is 13. The molecule has 1 fully saturated rings. The van der Waals surface area contributed by atoms with Crippen molar-refractivity contribution in [3.05, 3.63) is 29.8 Å². The number of unbranched alkanes of at least 4 members (excludes halogenated alkanes) is 17. The predicted octanol–water partition coefficient (Wildman–Crippen LogP) is 9.23. The second kappa shape index (κ2) is 51.3. The summed E-state index contributed by atoms with van der Waals surface area (Å²) in [6.07, 6.45) is 22.1. The fourth-order valence-corrected chi connectivity index (χ4v) is 12.3. The van der Waals surface area contributed by atoms with Crippen LogP contribution in [0.1, 0.15) is 263 Å². The van der Waals surface area contributed by atoms with E-state index in [1.165, 1.54) is 83.3 Å². The lowest BCUT2D eigenvalue weighted by atomic mass is 9.78. The Balaban J connectivity index is 1.67. The predicted molar refractivity (Wildman–Crippen MR) is 360 cm³/mol. The molecule has 11 N–H and O–H groups in total. The smallest absolute Gasteiger partial charge is 0.326 e. The van der Waals surface area contributed by atoms with Gasteiger partial charge in [-0.25, -0.2) is 4.79 Å². The zero-order valence-electron chi connectivity index (χ0n) is 57.3. The maximum atomic E-state index is 13.5. The molecule has 96 heavy (non-hydrogen) atoms. The van der Waals surface area contributed by atoms with Crippen molar-refractivity contribution in [3.8, 4) is 5.75 Å². The molecular weight excluding hydrogens is 1240 g/mol. The molecule has 0 unspecified atom stereocenters. The summed E-state index contributed by atoms with van der Waals surface area (Å²) < 4.78 is 0. The summed E-state index contributed by atoms with van der Waals surface area (Å²) in [6.45, 7) is 2.95. The molecule has 1 aromatic rings. The van der Waals surface area contributed by atoms with Crippen molar-refractivity contribution in [2.24, 2.45) is 29.6 Å². The first-order valence-corrected chi connectivity index (χ1v) is 35.7. The van der Waals surface area contributed by atoms with E-state index in [2.05, 4.69) is 26.6 Å². The molecule has 1 aliphatic carbocycles. The van der Waals surface area contributed by atoms with Gasteiger partial charge >= 0.3 is 23.9 Å². The van der Waals surface area contributed by atoms with Crippen LogP contribution in [-0.4, -0.2) is 151 Å². The van der Waals surface area contributed by atoms with Crippen molar-refractivity contribution >= 4 is 76.4 Å². The van der Waals surface area contributed by atoms with Crippen LogP contribution in [0, 0.1) is 29.6 Å². The highest BCUT2D eigenvalue weighted by Crippen LogP contribution is 2.31. The molecule has 1 saturated carbocycles. The number of carboxylic acid groups (broad SMARTS) is 4. The Morgan fingerprint density at radius 1 is 0.469 bits per heavy atom. The van der Waals surface area contributed by atoms with E-state index in [1.54, 1.807) is 12.1 Å². The number of carboxylic acids is 4. The first-order chi connectivity index (χ1) is 45.9. The second-order valence-corrected chi connectivity index (χ2v) is 26.5. The lowest BCUT2D eigenvalue weighted by molar-refractivity contribution is -0.145. The number of phenolic OH excluding ortho intramolecular Hbond substituents is 1. The minimum atomic E-state index is -1.56. The lowest BCUT2D eigenvalue weighted by Crippen LogP contribution is -2.43. The van der Waals surface area contributed by atoms with Crippen LogP contribution >= 0.6 is 0 Å². The number of aliphatic carboxylic acids is 4. The second-order valence-electron chi connectivity index (χ2n) is 26.5. The van der Waals surface area contributed by atoms with Crippen LogP contribution in [0.2, 0.25) is 0 Å². The number of phenols is 1. The summed E-state index contributed by atoms with van der Waals surface area (Å²) in [5.41, 5.74) is 0.727. The minimum absolute atomic E-state index is 0.0138.